The number of carbonyl (C=O) groups is 3. The number of nitrogens with two attached hydrogens (primary N) is 2. The summed E-state index contributed by atoms with van der Waals surface area (Å²) in [5.41, 5.74) is 12.7. The molecule has 0 aromatic heterocycles. The number of hydrogen-bond donors (Lipinski definition) is 4. The third-order valence-corrected chi connectivity index (χ3v) is 7.18. The fourth-order valence-electron chi connectivity index (χ4n) is 4.84. The van der Waals surface area contributed by atoms with E-state index in [-0.39, 0.29) is 47.2 Å². The van der Waals surface area contributed by atoms with Crippen molar-refractivity contribution >= 4 is 23.5 Å². The van der Waals surface area contributed by atoms with Crippen molar-refractivity contribution in [3.63, 3.8) is 0 Å². The molecule has 0 radical (unpaired) electrons. The standard InChI is InChI=1S/C30H43FN4O8/c1-16-12-20-25(32)21(35-42-11-10-31)15-22(27(20)37)34-29(38)17(2)8-7-9-23(40-5)28(43-30(33)39)19(4)14-18(3)26(36)24(13-16)41-6/h7-9,14-16,18,23-24,26,28,36H,10-13,32H2,1-6H3,(H2,33,39)(H,34,38)/b9-7-,17-8+,19-14+,35-21-/t16-,18+,23+,24+,26-,28+/m1/s1. The number of carbonyl (C=O) groups excluding carboxylic acids is 3. The number of primary amides is 1. The molecule has 0 fully saturated rings. The third kappa shape index (κ3) is 9.87. The Morgan fingerprint density at radius 3 is 2.51 bits per heavy atom. The van der Waals surface area contributed by atoms with Gasteiger partial charge in [0.15, 0.2) is 6.10 Å². The first-order valence-electron chi connectivity index (χ1n) is 13.9. The molecule has 6 atom stereocenters. The van der Waals surface area contributed by atoms with Crippen LogP contribution in [0.5, 0.6) is 0 Å². The number of halogens is 1. The molecule has 1 aliphatic heterocycles. The second kappa shape index (κ2) is 16.7. The SMILES string of the molecule is CO[C@H]1/C=C\C=C(/C)C(=O)NC2=C/C(=N/OCCF)C(N)=C(C[C@@H](C)C[C@H](OC)[C@H](O)[C@@H](C)/C=C(\C)[C@@H]1OC(N)=O)C2=O. The smallest absolute Gasteiger partial charge is 0.405 e. The molecule has 0 aromatic rings. The number of allylic oxidation sites excluding steroid dienone is 4. The van der Waals surface area contributed by atoms with Crippen molar-refractivity contribution in [1.82, 2.24) is 5.32 Å². The van der Waals surface area contributed by atoms with Crippen molar-refractivity contribution in [2.45, 2.75) is 65.0 Å². The number of ketones is 1. The van der Waals surface area contributed by atoms with E-state index < -0.39 is 54.8 Å². The molecule has 238 valence electrons. The summed E-state index contributed by atoms with van der Waals surface area (Å²) in [4.78, 5) is 43.2. The lowest BCUT2D eigenvalue weighted by atomic mass is 9.85. The van der Waals surface area contributed by atoms with Crippen LogP contribution in [0.15, 0.2) is 63.6 Å². The van der Waals surface area contributed by atoms with Crippen molar-refractivity contribution < 1.29 is 42.9 Å². The summed E-state index contributed by atoms with van der Waals surface area (Å²) >= 11 is 0. The minimum Gasteiger partial charge on any atom is -0.439 e. The summed E-state index contributed by atoms with van der Waals surface area (Å²) in [6.45, 7) is 5.84. The number of rotatable bonds is 6. The number of alkyl halides is 1. The summed E-state index contributed by atoms with van der Waals surface area (Å²) in [6, 6.07) is 0. The number of ether oxygens (including phenoxy) is 3. The fourth-order valence-corrected chi connectivity index (χ4v) is 4.84. The van der Waals surface area contributed by atoms with Crippen LogP contribution in [0.1, 0.15) is 40.5 Å². The van der Waals surface area contributed by atoms with Crippen LogP contribution in [0.3, 0.4) is 0 Å². The quantitative estimate of drug-likeness (QED) is 0.153. The van der Waals surface area contributed by atoms with Gasteiger partial charge in [-0.25, -0.2) is 9.18 Å². The van der Waals surface area contributed by atoms with Crippen LogP contribution in [0.4, 0.5) is 9.18 Å². The predicted octanol–water partition coefficient (Wildman–Crippen LogP) is 2.49. The highest BCUT2D eigenvalue weighted by atomic mass is 19.1. The number of hydrogen-bond acceptors (Lipinski definition) is 10. The molecule has 2 aliphatic rings. The number of aliphatic hydroxyl groups is 1. The molecule has 0 spiro atoms. The molecule has 0 unspecified atom stereocenters. The molecule has 2 rings (SSSR count). The number of amides is 2. The summed E-state index contributed by atoms with van der Waals surface area (Å²) in [5, 5.41) is 17.7. The van der Waals surface area contributed by atoms with Crippen LogP contribution in [0.2, 0.25) is 0 Å². The zero-order valence-corrected chi connectivity index (χ0v) is 25.5. The van der Waals surface area contributed by atoms with Gasteiger partial charge >= 0.3 is 6.09 Å². The van der Waals surface area contributed by atoms with Crippen LogP contribution in [-0.2, 0) is 28.6 Å². The van der Waals surface area contributed by atoms with Gasteiger partial charge in [-0.15, -0.1) is 0 Å². The molecule has 43 heavy (non-hydrogen) atoms. The lowest BCUT2D eigenvalue weighted by Crippen LogP contribution is -2.37. The molecule has 1 heterocycles. The van der Waals surface area contributed by atoms with Gasteiger partial charge in [-0.3, -0.25) is 9.59 Å². The van der Waals surface area contributed by atoms with E-state index in [2.05, 4.69) is 10.5 Å². The van der Waals surface area contributed by atoms with Crippen LogP contribution < -0.4 is 16.8 Å². The van der Waals surface area contributed by atoms with E-state index in [1.807, 2.05) is 6.92 Å². The monoisotopic (exact) mass is 606 g/mol. The summed E-state index contributed by atoms with van der Waals surface area (Å²) in [6.07, 6.45) is 3.79. The zero-order valence-electron chi connectivity index (χ0n) is 25.5. The maximum absolute atomic E-state index is 13.5. The van der Waals surface area contributed by atoms with Gasteiger partial charge in [0.1, 0.15) is 25.1 Å². The van der Waals surface area contributed by atoms with E-state index in [0.717, 1.165) is 0 Å². The van der Waals surface area contributed by atoms with Crippen molar-refractivity contribution in [2.24, 2.45) is 28.5 Å². The summed E-state index contributed by atoms with van der Waals surface area (Å²) in [5.74, 6) is -1.76. The molecule has 6 N–H and O–H groups in total. The molecule has 0 saturated carbocycles. The van der Waals surface area contributed by atoms with Crippen LogP contribution >= 0.6 is 0 Å². The Morgan fingerprint density at radius 2 is 1.91 bits per heavy atom. The largest absolute Gasteiger partial charge is 0.439 e. The first-order valence-corrected chi connectivity index (χ1v) is 13.9. The molecule has 2 amide bonds. The van der Waals surface area contributed by atoms with Crippen molar-refractivity contribution in [3.8, 4) is 0 Å². The van der Waals surface area contributed by atoms with E-state index in [0.29, 0.717) is 12.0 Å². The molecule has 1 aliphatic carbocycles. The van der Waals surface area contributed by atoms with Gasteiger partial charge in [-0.05, 0) is 44.3 Å². The van der Waals surface area contributed by atoms with Crippen molar-refractivity contribution in [3.05, 3.63) is 58.5 Å². The summed E-state index contributed by atoms with van der Waals surface area (Å²) in [7, 11) is 2.90. The predicted molar refractivity (Wildman–Crippen MR) is 158 cm³/mol. The van der Waals surface area contributed by atoms with E-state index in [9.17, 15) is 23.9 Å². The highest BCUT2D eigenvalue weighted by Gasteiger charge is 2.32. The summed E-state index contributed by atoms with van der Waals surface area (Å²) < 4.78 is 29.2. The van der Waals surface area contributed by atoms with Gasteiger partial charge in [0, 0.05) is 31.3 Å². The van der Waals surface area contributed by atoms with Crippen LogP contribution in [0, 0.1) is 11.8 Å². The zero-order chi connectivity index (χ0) is 32.3. The highest BCUT2D eigenvalue weighted by molar-refractivity contribution is 6.25. The molecular formula is C30H43FN4O8. The average molecular weight is 607 g/mol. The van der Waals surface area contributed by atoms with Gasteiger partial charge in [0.05, 0.1) is 23.6 Å². The number of aliphatic hydroxyl groups excluding tert-OH is 1. The minimum atomic E-state index is -1.01. The van der Waals surface area contributed by atoms with Crippen LogP contribution in [-0.4, -0.2) is 80.5 Å². The maximum atomic E-state index is 13.5. The lowest BCUT2D eigenvalue weighted by molar-refractivity contribution is -0.119. The number of nitrogens with zero attached hydrogens (tertiary/aromatic N) is 1. The first-order chi connectivity index (χ1) is 20.3. The number of methoxy groups -OCH3 is 2. The maximum Gasteiger partial charge on any atom is 0.405 e. The number of nitrogens with one attached hydrogen (secondary N) is 1. The molecule has 12 nitrogen and oxygen atoms in total. The fraction of sp³-hybridized carbons (Fsp3) is 0.533. The van der Waals surface area contributed by atoms with E-state index >= 15 is 0 Å². The topological polar surface area (TPSA) is 185 Å². The number of fused-ring (bicyclic) bond motifs is 2. The van der Waals surface area contributed by atoms with Crippen LogP contribution in [0.25, 0.3) is 0 Å². The van der Waals surface area contributed by atoms with Gasteiger partial charge in [-0.1, -0.05) is 43.3 Å². The third-order valence-electron chi connectivity index (χ3n) is 7.18. The number of oxime groups is 1. The van der Waals surface area contributed by atoms with Gasteiger partial charge in [-0.2, -0.15) is 0 Å². The van der Waals surface area contributed by atoms with Crippen molar-refractivity contribution in [1.29, 1.82) is 0 Å². The van der Waals surface area contributed by atoms with Crippen molar-refractivity contribution in [2.75, 3.05) is 27.5 Å². The highest BCUT2D eigenvalue weighted by Crippen LogP contribution is 2.28. The average Bonchev–Trinajstić information content (AvgIpc) is 2.96. The second-order valence-electron chi connectivity index (χ2n) is 10.6. The normalized spacial score (nSPS) is 32.2. The Labute approximate surface area is 251 Å². The number of Topliss-reactive ketones (excluding diaryl/α,β-unsaturated/α-hetero) is 1. The molecule has 2 bridgehead atoms. The second-order valence-corrected chi connectivity index (χ2v) is 10.6. The Hall–Kier alpha value is -3.81. The Bertz CT molecular complexity index is 1220. The minimum absolute atomic E-state index is 0.0438. The van der Waals surface area contributed by atoms with Gasteiger partial charge in [0.25, 0.3) is 5.91 Å². The Balaban J connectivity index is 2.63. The molecule has 0 aromatic carbocycles. The first kappa shape index (κ1) is 35.4. The Kier molecular flexibility index (Phi) is 13.8. The van der Waals surface area contributed by atoms with E-state index in [1.165, 1.54) is 26.4 Å². The van der Waals surface area contributed by atoms with Gasteiger partial charge in [0.2, 0.25) is 5.78 Å². The Morgan fingerprint density at radius 1 is 1.21 bits per heavy atom. The van der Waals surface area contributed by atoms with E-state index in [4.69, 9.17) is 30.5 Å². The lowest BCUT2D eigenvalue weighted by Gasteiger charge is -2.30. The van der Waals surface area contributed by atoms with Gasteiger partial charge < -0.3 is 40.9 Å². The molecule has 13 heteroatoms. The molecule has 0 saturated heterocycles. The van der Waals surface area contributed by atoms with E-state index in [1.54, 1.807) is 39.0 Å². The molecular weight excluding hydrogens is 563 g/mol.